The summed E-state index contributed by atoms with van der Waals surface area (Å²) in [4.78, 5) is 12.5. The fourth-order valence-electron chi connectivity index (χ4n) is 3.31. The molecule has 0 bridgehead atoms. The van der Waals surface area contributed by atoms with E-state index in [0.29, 0.717) is 33.8 Å². The highest BCUT2D eigenvalue weighted by molar-refractivity contribution is 9.10. The number of aryl methyl sites for hydroxylation is 2. The van der Waals surface area contributed by atoms with Crippen molar-refractivity contribution in [2.45, 2.75) is 20.5 Å². The molecule has 0 spiro atoms. The minimum atomic E-state index is -3.68. The average Bonchev–Trinajstić information content (AvgIpc) is 2.83. The molecule has 0 saturated carbocycles. The highest BCUT2D eigenvalue weighted by atomic mass is 79.9. The first-order valence-corrected chi connectivity index (χ1v) is 13.6. The van der Waals surface area contributed by atoms with Gasteiger partial charge in [0.05, 0.1) is 29.7 Å². The summed E-state index contributed by atoms with van der Waals surface area (Å²) in [6, 6.07) is 18.5. The summed E-state index contributed by atoms with van der Waals surface area (Å²) in [5.41, 5.74) is 6.41. The van der Waals surface area contributed by atoms with Crippen molar-refractivity contribution >= 4 is 43.8 Å². The molecule has 36 heavy (non-hydrogen) atoms. The van der Waals surface area contributed by atoms with Crippen molar-refractivity contribution in [2.24, 2.45) is 5.10 Å². The van der Waals surface area contributed by atoms with Gasteiger partial charge in [0.2, 0.25) is 10.0 Å². The molecule has 3 aromatic rings. The van der Waals surface area contributed by atoms with E-state index in [1.807, 2.05) is 50.2 Å². The van der Waals surface area contributed by atoms with E-state index in [1.54, 1.807) is 24.3 Å². The summed E-state index contributed by atoms with van der Waals surface area (Å²) in [5.74, 6) is 0.453. The number of sulfonamides is 1. The van der Waals surface area contributed by atoms with Gasteiger partial charge in [0.25, 0.3) is 5.91 Å². The van der Waals surface area contributed by atoms with Crippen LogP contribution in [-0.2, 0) is 21.4 Å². The van der Waals surface area contributed by atoms with Crippen LogP contribution >= 0.6 is 15.9 Å². The van der Waals surface area contributed by atoms with Crippen molar-refractivity contribution < 1.29 is 22.7 Å². The van der Waals surface area contributed by atoms with Crippen LogP contribution in [0.3, 0.4) is 0 Å². The van der Waals surface area contributed by atoms with Gasteiger partial charge in [-0.25, -0.2) is 13.8 Å². The number of carbonyl (C=O) groups excluding carboxylic acids is 1. The van der Waals surface area contributed by atoms with Gasteiger partial charge >= 0.3 is 0 Å². The molecule has 0 atom stereocenters. The Labute approximate surface area is 220 Å². The van der Waals surface area contributed by atoms with Crippen molar-refractivity contribution in [3.63, 3.8) is 0 Å². The molecule has 8 nitrogen and oxygen atoms in total. The highest BCUT2D eigenvalue weighted by Gasteiger charge is 2.21. The normalized spacial score (nSPS) is 11.4. The molecule has 0 aromatic heterocycles. The van der Waals surface area contributed by atoms with Crippen molar-refractivity contribution in [2.75, 3.05) is 24.2 Å². The Morgan fingerprint density at radius 1 is 1.08 bits per heavy atom. The van der Waals surface area contributed by atoms with E-state index < -0.39 is 22.5 Å². The van der Waals surface area contributed by atoms with Crippen LogP contribution in [0, 0.1) is 13.8 Å². The zero-order valence-electron chi connectivity index (χ0n) is 20.5. The molecule has 1 N–H and O–H groups in total. The van der Waals surface area contributed by atoms with Crippen molar-refractivity contribution in [1.82, 2.24) is 5.43 Å². The number of hydrazone groups is 1. The van der Waals surface area contributed by atoms with Crippen LogP contribution < -0.4 is 19.2 Å². The maximum absolute atomic E-state index is 12.5. The largest absolute Gasteiger partial charge is 0.493 e. The number of benzene rings is 3. The van der Waals surface area contributed by atoms with Gasteiger partial charge in [-0.05, 0) is 76.3 Å². The third kappa shape index (κ3) is 7.32. The summed E-state index contributed by atoms with van der Waals surface area (Å²) in [5, 5.41) is 3.98. The molecule has 0 aliphatic carbocycles. The highest BCUT2D eigenvalue weighted by Crippen LogP contribution is 2.36. The van der Waals surface area contributed by atoms with E-state index in [4.69, 9.17) is 9.47 Å². The molecule has 0 saturated heterocycles. The first kappa shape index (κ1) is 27.2. The number of carbonyl (C=O) groups is 1. The lowest BCUT2D eigenvalue weighted by molar-refractivity contribution is -0.119. The second kappa shape index (κ2) is 12.0. The van der Waals surface area contributed by atoms with E-state index in [-0.39, 0.29) is 0 Å². The molecule has 0 fully saturated rings. The van der Waals surface area contributed by atoms with Gasteiger partial charge in [-0.15, -0.1) is 0 Å². The van der Waals surface area contributed by atoms with Crippen LogP contribution in [0.1, 0.15) is 22.3 Å². The molecule has 190 valence electrons. The molecular formula is C26H28BrN3O5S. The fraction of sp³-hybridized carbons (Fsp3) is 0.231. The number of nitrogens with zero attached hydrogens (tertiary/aromatic N) is 2. The molecule has 1 amide bonds. The molecule has 3 rings (SSSR count). The SMILES string of the molecule is COc1cc(/C=N\NC(=O)CN(c2ccc(C)c(C)c2)S(C)(=O)=O)cc(Br)c1OCc1ccccc1. The monoisotopic (exact) mass is 573 g/mol. The lowest BCUT2D eigenvalue weighted by Gasteiger charge is -2.22. The molecule has 0 heterocycles. The number of anilines is 1. The quantitative estimate of drug-likeness (QED) is 0.283. The van der Waals surface area contributed by atoms with E-state index >= 15 is 0 Å². The number of halogens is 1. The number of methoxy groups -OCH3 is 1. The lowest BCUT2D eigenvalue weighted by Crippen LogP contribution is -2.39. The minimum absolute atomic E-state index is 0.372. The van der Waals surface area contributed by atoms with Crippen LogP contribution in [0.5, 0.6) is 11.5 Å². The van der Waals surface area contributed by atoms with E-state index in [9.17, 15) is 13.2 Å². The van der Waals surface area contributed by atoms with Crippen LogP contribution in [0.2, 0.25) is 0 Å². The fourth-order valence-corrected chi connectivity index (χ4v) is 4.73. The van der Waals surface area contributed by atoms with Gasteiger partial charge in [-0.3, -0.25) is 9.10 Å². The third-order valence-corrected chi connectivity index (χ3v) is 7.08. The molecule has 3 aromatic carbocycles. The Morgan fingerprint density at radius 2 is 1.81 bits per heavy atom. The maximum Gasteiger partial charge on any atom is 0.260 e. The van der Waals surface area contributed by atoms with E-state index in [1.165, 1.54) is 13.3 Å². The van der Waals surface area contributed by atoms with Gasteiger partial charge in [-0.2, -0.15) is 5.10 Å². The van der Waals surface area contributed by atoms with E-state index in [2.05, 4.69) is 26.5 Å². The Hall–Kier alpha value is -3.37. The number of hydrogen-bond acceptors (Lipinski definition) is 6. The first-order valence-electron chi connectivity index (χ1n) is 11.0. The summed E-state index contributed by atoms with van der Waals surface area (Å²) >= 11 is 3.50. The summed E-state index contributed by atoms with van der Waals surface area (Å²) in [7, 11) is -2.15. The van der Waals surface area contributed by atoms with Gasteiger partial charge in [0.1, 0.15) is 13.2 Å². The predicted octanol–water partition coefficient (Wildman–Crippen LogP) is 4.57. The number of amides is 1. The Kier molecular flexibility index (Phi) is 9.11. The van der Waals surface area contributed by atoms with Crippen molar-refractivity contribution in [3.05, 3.63) is 87.4 Å². The summed E-state index contributed by atoms with van der Waals surface area (Å²) in [6.45, 7) is 3.78. The molecule has 0 aliphatic heterocycles. The minimum Gasteiger partial charge on any atom is -0.493 e. The third-order valence-electron chi connectivity index (χ3n) is 5.35. The zero-order valence-corrected chi connectivity index (χ0v) is 22.9. The van der Waals surface area contributed by atoms with Crippen LogP contribution in [-0.4, -0.2) is 40.4 Å². The standard InChI is InChI=1S/C26H28BrN3O5S/c1-18-10-11-22(12-19(18)2)30(36(4,32)33)16-25(31)29-28-15-21-13-23(27)26(24(14-21)34-3)35-17-20-8-6-5-7-9-20/h5-15H,16-17H2,1-4H3,(H,29,31)/b28-15-. The Balaban J connectivity index is 1.68. The maximum atomic E-state index is 12.5. The topological polar surface area (TPSA) is 97.3 Å². The van der Waals surface area contributed by atoms with Gasteiger partial charge in [0, 0.05) is 0 Å². The van der Waals surface area contributed by atoms with Crippen molar-refractivity contribution in [1.29, 1.82) is 0 Å². The number of hydrogen-bond donors (Lipinski definition) is 1. The Bertz CT molecular complexity index is 1360. The van der Waals surface area contributed by atoms with Gasteiger partial charge in [-0.1, -0.05) is 36.4 Å². The summed E-state index contributed by atoms with van der Waals surface area (Å²) in [6.07, 6.45) is 2.50. The number of nitrogens with one attached hydrogen (secondary N) is 1. The average molecular weight is 574 g/mol. The van der Waals surface area contributed by atoms with Gasteiger partial charge < -0.3 is 9.47 Å². The Morgan fingerprint density at radius 3 is 2.44 bits per heavy atom. The van der Waals surface area contributed by atoms with Crippen LogP contribution in [0.15, 0.2) is 70.2 Å². The van der Waals surface area contributed by atoms with Crippen LogP contribution in [0.4, 0.5) is 5.69 Å². The molecular weight excluding hydrogens is 546 g/mol. The van der Waals surface area contributed by atoms with Crippen molar-refractivity contribution in [3.8, 4) is 11.5 Å². The predicted molar refractivity (Wildman–Crippen MR) is 145 cm³/mol. The lowest BCUT2D eigenvalue weighted by atomic mass is 10.1. The molecule has 0 aliphatic rings. The summed E-state index contributed by atoms with van der Waals surface area (Å²) < 4.78 is 37.7. The number of rotatable bonds is 10. The van der Waals surface area contributed by atoms with Gasteiger partial charge in [0.15, 0.2) is 11.5 Å². The zero-order chi connectivity index (χ0) is 26.3. The van der Waals surface area contributed by atoms with Crippen LogP contribution in [0.25, 0.3) is 0 Å². The number of ether oxygens (including phenoxy) is 2. The smallest absolute Gasteiger partial charge is 0.260 e. The molecule has 0 unspecified atom stereocenters. The van der Waals surface area contributed by atoms with E-state index in [0.717, 1.165) is 27.3 Å². The molecule has 0 radical (unpaired) electrons. The second-order valence-corrected chi connectivity index (χ2v) is 10.9. The second-order valence-electron chi connectivity index (χ2n) is 8.14. The molecule has 10 heteroatoms. The first-order chi connectivity index (χ1) is 17.1.